The molecule has 0 saturated heterocycles. The van der Waals surface area contributed by atoms with E-state index in [1.165, 1.54) is 62.2 Å². The number of aliphatic hydroxyl groups is 1. The third-order valence-corrected chi connectivity index (χ3v) is 26.4. The molecule has 0 aliphatic heterocycles. The largest absolute Gasteiger partial charge is 0.417 e. The summed E-state index contributed by atoms with van der Waals surface area (Å²) in [7, 11) is 7.94. The molecule has 0 bridgehead atoms. The highest BCUT2D eigenvalue weighted by molar-refractivity contribution is 8.64. The van der Waals surface area contributed by atoms with Crippen molar-refractivity contribution in [1.82, 2.24) is 0 Å². The quantitative estimate of drug-likeness (QED) is 0.115. The number of Topliss-reactive ketones (excluding diaryl/α,β-unsaturated/α-hetero) is 2. The lowest BCUT2D eigenvalue weighted by Gasteiger charge is -2.41. The fourth-order valence-corrected chi connectivity index (χ4v) is 15.4. The van der Waals surface area contributed by atoms with Gasteiger partial charge in [-0.3, -0.25) is 9.59 Å². The first kappa shape index (κ1) is 64.2. The van der Waals surface area contributed by atoms with Crippen LogP contribution < -0.4 is 0 Å². The fourth-order valence-electron chi connectivity index (χ4n) is 6.11. The molecule has 2 fully saturated rings. The van der Waals surface area contributed by atoms with Crippen molar-refractivity contribution in [3.8, 4) is 0 Å². The van der Waals surface area contributed by atoms with Crippen LogP contribution in [-0.2, 0) is 140 Å². The van der Waals surface area contributed by atoms with Crippen LogP contribution in [0.3, 0.4) is 0 Å². The van der Waals surface area contributed by atoms with Gasteiger partial charge in [0.15, 0.2) is 19.9 Å². The topological polar surface area (TPSA) is 132 Å². The van der Waals surface area contributed by atoms with Crippen LogP contribution in [0.1, 0.15) is 113 Å². The van der Waals surface area contributed by atoms with E-state index in [1.54, 1.807) is 12.2 Å². The van der Waals surface area contributed by atoms with Crippen molar-refractivity contribution in [1.29, 1.82) is 0 Å². The fraction of sp³-hybridized carbons (Fsp3) is 0.684. The van der Waals surface area contributed by atoms with Gasteiger partial charge in [-0.15, -0.1) is 0 Å². The molecule has 8 nitrogen and oxygen atoms in total. The molecule has 2 saturated carbocycles. The number of allylic oxidation sites excluding steroid dienone is 6. The van der Waals surface area contributed by atoms with E-state index in [2.05, 4.69) is 119 Å². The highest BCUT2D eigenvalue weighted by Crippen LogP contribution is 2.48. The number of carbonyl (C=O) groups excluding carboxylic acids is 6. The van der Waals surface area contributed by atoms with Gasteiger partial charge in [0.05, 0.1) is 0 Å². The summed E-state index contributed by atoms with van der Waals surface area (Å²) in [6.07, 6.45) is 17.1. The Labute approximate surface area is 388 Å². The second kappa shape index (κ2) is 38.3. The van der Waals surface area contributed by atoms with Gasteiger partial charge in [-0.05, 0) is 79.3 Å². The Morgan fingerprint density at radius 2 is 1.09 bits per heavy atom. The number of carbonyl (C=O) groups is 2. The monoisotopic (exact) mass is 1030 g/mol. The Hall–Kier alpha value is -0.383. The molecular weight excluding hydrogens is 965 g/mol. The Kier molecular flexibility index (Phi) is 42.4. The summed E-state index contributed by atoms with van der Waals surface area (Å²) >= 11 is 17.9. The molecule has 332 valence electrons. The molecule has 20 heteroatoms. The molecule has 1 N–H and O–H groups in total. The maximum absolute atomic E-state index is 12.3. The summed E-state index contributed by atoms with van der Waals surface area (Å²) in [6.45, 7) is 29.0. The third kappa shape index (κ3) is 27.5. The van der Waals surface area contributed by atoms with Gasteiger partial charge >= 0.3 is 12.3 Å². The predicted molar refractivity (Wildman–Crippen MR) is 269 cm³/mol. The summed E-state index contributed by atoms with van der Waals surface area (Å²) in [5.74, 6) is 1.65. The second-order valence-electron chi connectivity index (χ2n) is 15.1. The molecule has 0 unspecified atom stereocenters. The van der Waals surface area contributed by atoms with E-state index < -0.39 is 8.32 Å². The first-order chi connectivity index (χ1) is 27.2. The number of hydrogen-bond acceptors (Lipinski definition) is 12. The smallest absolute Gasteiger partial charge is 0.373 e. The van der Waals surface area contributed by atoms with Gasteiger partial charge in [0.2, 0.25) is 0 Å². The zero-order chi connectivity index (χ0) is 45.8. The van der Waals surface area contributed by atoms with Crippen molar-refractivity contribution >= 4 is 139 Å². The number of aliphatic hydroxyl groups excluding tert-OH is 1. The Morgan fingerprint density at radius 3 is 1.36 bits per heavy atom. The zero-order valence-corrected chi connectivity index (χ0v) is 45.1. The summed E-state index contributed by atoms with van der Waals surface area (Å²) in [4.78, 5) is 56.9. The Morgan fingerprint density at radius 1 is 0.741 bits per heavy atom. The average molecular weight is 1030 g/mol. The molecule has 4 atom stereocenters. The van der Waals surface area contributed by atoms with Crippen LogP contribution in [0, 0.1) is 22.7 Å². The van der Waals surface area contributed by atoms with E-state index in [0.29, 0.717) is 30.5 Å². The molecule has 2 rings (SSSR count). The first-order valence-electron chi connectivity index (χ1n) is 18.3. The number of hydrogen-bond donors (Lipinski definition) is 1. The molecule has 0 aromatic carbocycles. The predicted octanol–water partition coefficient (Wildman–Crippen LogP) is 8.37. The van der Waals surface area contributed by atoms with Crippen LogP contribution >= 0.6 is 0 Å². The molecule has 0 radical (unpaired) electrons. The normalized spacial score (nSPS) is 22.1. The SMILES string of the molecule is C=C/C=C1\C(=O)CC[C@@H](C)[C@]1(C)CCCCO.C=C/C=C1\C(=O)CC[C@@H](C)[C@]1(C)CCCCO[Si](C)(C)C(C)(C)C.O=C=O.O=C=O.S=S=S=S=S.S=S=S=S=S=S. The molecular formula is C38H62O8S11Si. The molecule has 2 aliphatic carbocycles. The van der Waals surface area contributed by atoms with Crippen LogP contribution in [0.2, 0.25) is 18.1 Å². The molecule has 0 aromatic heterocycles. The molecule has 0 amide bonds. The van der Waals surface area contributed by atoms with E-state index in [1.807, 2.05) is 12.2 Å². The average Bonchev–Trinajstić information content (AvgIpc) is 3.16. The summed E-state index contributed by atoms with van der Waals surface area (Å²) in [5.41, 5.74) is 1.87. The molecule has 0 spiro atoms. The second-order valence-corrected chi connectivity index (χ2v) is 32.3. The summed E-state index contributed by atoms with van der Waals surface area (Å²) < 4.78 is 6.28. The van der Waals surface area contributed by atoms with Gasteiger partial charge in [0, 0.05) is 144 Å². The minimum absolute atomic E-state index is 0.0134. The molecule has 0 aromatic rings. The highest BCUT2D eigenvalue weighted by Gasteiger charge is 2.42. The van der Waals surface area contributed by atoms with Crippen molar-refractivity contribution in [2.24, 2.45) is 22.7 Å². The van der Waals surface area contributed by atoms with Crippen LogP contribution in [0.25, 0.3) is 0 Å². The lowest BCUT2D eigenvalue weighted by atomic mass is 9.62. The van der Waals surface area contributed by atoms with Crippen molar-refractivity contribution in [3.63, 3.8) is 0 Å². The minimum atomic E-state index is -1.64. The molecule has 0 heterocycles. The maximum atomic E-state index is 12.3. The van der Waals surface area contributed by atoms with Gasteiger partial charge in [0.1, 0.15) is 0 Å². The van der Waals surface area contributed by atoms with Gasteiger partial charge in [0.25, 0.3) is 0 Å². The van der Waals surface area contributed by atoms with Crippen molar-refractivity contribution in [3.05, 3.63) is 48.6 Å². The van der Waals surface area contributed by atoms with Crippen molar-refractivity contribution in [2.45, 2.75) is 131 Å². The van der Waals surface area contributed by atoms with Crippen LogP contribution in [0.4, 0.5) is 0 Å². The number of unbranched alkanes of at least 4 members (excludes halogenated alkanes) is 2. The number of ketones is 2. The van der Waals surface area contributed by atoms with Crippen LogP contribution in [0.5, 0.6) is 0 Å². The lowest BCUT2D eigenvalue weighted by Crippen LogP contribution is -2.41. The first-order valence-corrected chi connectivity index (χ1v) is 33.2. The molecule has 2 aliphatic rings. The van der Waals surface area contributed by atoms with Gasteiger partial charge < -0.3 is 9.53 Å². The van der Waals surface area contributed by atoms with Crippen molar-refractivity contribution < 1.29 is 38.3 Å². The van der Waals surface area contributed by atoms with E-state index in [0.717, 1.165) is 69.1 Å². The maximum Gasteiger partial charge on any atom is 0.373 e. The summed E-state index contributed by atoms with van der Waals surface area (Å²) in [5, 5.41) is 9.14. The Bertz CT molecular complexity index is 1680. The van der Waals surface area contributed by atoms with E-state index in [4.69, 9.17) is 28.7 Å². The van der Waals surface area contributed by atoms with Gasteiger partial charge in [-0.25, -0.2) is 0 Å². The highest BCUT2D eigenvalue weighted by atomic mass is 33.3. The third-order valence-electron chi connectivity index (χ3n) is 10.8. The number of rotatable bonds is 12. The minimum Gasteiger partial charge on any atom is -0.417 e. The van der Waals surface area contributed by atoms with Crippen LogP contribution in [0.15, 0.2) is 48.6 Å². The van der Waals surface area contributed by atoms with Gasteiger partial charge in [-0.2, -0.15) is 19.2 Å². The molecule has 58 heavy (non-hydrogen) atoms. The Balaban J connectivity index is -0.000000369. The van der Waals surface area contributed by atoms with Gasteiger partial charge in [-0.1, -0.05) is 98.8 Å². The summed E-state index contributed by atoms with van der Waals surface area (Å²) in [6, 6.07) is 0. The van der Waals surface area contributed by atoms with Crippen molar-refractivity contribution in [2.75, 3.05) is 13.2 Å². The standard InChI is InChI=1S/C21H38O2Si.C15H24O2.2CO2.S6.S5/c1-9-12-18-19(22)14-13-17(2)21(18,6)15-10-11-16-23-24(7,8)20(3,4)5;1-4-7-13-14(17)9-8-12(2)15(13,3)10-5-6-11-16;2*2-1-3;1-3-5-6-4-2;1-3-5-4-2/h9,12,17H,1,10-11,13-16H2,2-8H3;4,7,12,16H,1,5-6,8-11H2,2-3H3;;;;/b18-12+;13-7+;;;;/t17-,21+;12-,15+;;;;/m11..../s1. The van der Waals surface area contributed by atoms with Crippen LogP contribution in [-0.4, -0.2) is 50.5 Å². The van der Waals surface area contributed by atoms with E-state index in [-0.39, 0.29) is 40.6 Å². The van der Waals surface area contributed by atoms with E-state index in [9.17, 15) is 9.59 Å². The zero-order valence-electron chi connectivity index (χ0n) is 35.2. The lowest BCUT2D eigenvalue weighted by molar-refractivity contribution is -0.193. The van der Waals surface area contributed by atoms with E-state index >= 15 is 0 Å².